The van der Waals surface area contributed by atoms with Crippen molar-refractivity contribution in [1.82, 2.24) is 19.1 Å². The molecule has 0 bridgehead atoms. The number of aromatic nitrogens is 3. The Morgan fingerprint density at radius 3 is 2.09 bits per heavy atom. The molecule has 0 N–H and O–H groups in total. The highest BCUT2D eigenvalue weighted by atomic mass is 28.3. The van der Waals surface area contributed by atoms with Gasteiger partial charge in [-0.2, -0.15) is 0 Å². The Hall–Kier alpha value is -3.60. The highest BCUT2D eigenvalue weighted by Crippen LogP contribution is 2.44. The minimum absolute atomic E-state index is 0.0853. The summed E-state index contributed by atoms with van der Waals surface area (Å²) in [6, 6.07) is 5.86. The molecule has 10 nitrogen and oxygen atoms in total. The van der Waals surface area contributed by atoms with Gasteiger partial charge in [0.05, 0.1) is 25.2 Å². The molecule has 0 saturated carbocycles. The van der Waals surface area contributed by atoms with Crippen LogP contribution in [0.4, 0.5) is 10.5 Å². The lowest BCUT2D eigenvalue weighted by Crippen LogP contribution is -2.51. The molecule has 1 aliphatic rings. The minimum atomic E-state index is -1.98. The van der Waals surface area contributed by atoms with Crippen LogP contribution in [0.15, 0.2) is 36.8 Å². The molecule has 3 aromatic rings. The van der Waals surface area contributed by atoms with Crippen LogP contribution < -0.4 is 9.64 Å². The van der Waals surface area contributed by atoms with E-state index in [0.29, 0.717) is 48.6 Å². The molecule has 0 atom stereocenters. The summed E-state index contributed by atoms with van der Waals surface area (Å²) in [6.45, 7) is 21.8. The smallest absolute Gasteiger partial charge is 0.410 e. The first-order valence-corrected chi connectivity index (χ1v) is 17.3. The number of rotatable bonds is 8. The summed E-state index contributed by atoms with van der Waals surface area (Å²) in [5.74, 6) is 0.211. The van der Waals surface area contributed by atoms with Crippen LogP contribution in [0.2, 0.25) is 16.6 Å². The highest BCUT2D eigenvalue weighted by molar-refractivity contribution is 6.82. The summed E-state index contributed by atoms with van der Waals surface area (Å²) >= 11 is 0. The van der Waals surface area contributed by atoms with Crippen molar-refractivity contribution in [1.29, 1.82) is 0 Å². The largest absolute Gasteiger partial charge is 0.464 e. The van der Waals surface area contributed by atoms with E-state index in [-0.39, 0.29) is 17.5 Å². The molecule has 0 spiro atoms. The van der Waals surface area contributed by atoms with Crippen molar-refractivity contribution in [2.45, 2.75) is 84.5 Å². The van der Waals surface area contributed by atoms with E-state index in [1.165, 1.54) is 7.11 Å². The normalized spacial score (nSPS) is 14.6. The number of ether oxygens (including phenoxy) is 3. The maximum absolute atomic E-state index is 12.6. The van der Waals surface area contributed by atoms with Gasteiger partial charge in [0.25, 0.3) is 0 Å². The van der Waals surface area contributed by atoms with E-state index in [2.05, 4.69) is 67.9 Å². The average molecular weight is 610 g/mol. The van der Waals surface area contributed by atoms with E-state index in [1.807, 2.05) is 26.8 Å². The van der Waals surface area contributed by atoms with Crippen LogP contribution in [0.5, 0.6) is 11.5 Å². The quantitative estimate of drug-likeness (QED) is 0.197. The summed E-state index contributed by atoms with van der Waals surface area (Å²) in [7, 11) is -0.661. The number of anilines is 1. The lowest BCUT2D eigenvalue weighted by molar-refractivity contribution is 0.0240. The summed E-state index contributed by atoms with van der Waals surface area (Å²) in [5, 5.41) is 0.985. The Kier molecular flexibility index (Phi) is 9.44. The molecule has 234 valence electrons. The third-order valence-corrected chi connectivity index (χ3v) is 15.2. The van der Waals surface area contributed by atoms with Gasteiger partial charge in [-0.1, -0.05) is 41.5 Å². The second-order valence-electron chi connectivity index (χ2n) is 13.2. The van der Waals surface area contributed by atoms with Crippen LogP contribution >= 0.6 is 0 Å². The number of piperazine rings is 1. The van der Waals surface area contributed by atoms with Crippen LogP contribution in [0.1, 0.15) is 72.8 Å². The first kappa shape index (κ1) is 32.3. The number of carbonyl (C=O) groups is 2. The van der Waals surface area contributed by atoms with Gasteiger partial charge in [-0.3, -0.25) is 0 Å². The van der Waals surface area contributed by atoms with Crippen LogP contribution in [0.25, 0.3) is 11.0 Å². The van der Waals surface area contributed by atoms with Gasteiger partial charge >= 0.3 is 12.1 Å². The summed E-state index contributed by atoms with van der Waals surface area (Å²) in [6.07, 6.45) is 5.22. The topological polar surface area (TPSA) is 99.0 Å². The molecule has 1 fully saturated rings. The summed E-state index contributed by atoms with van der Waals surface area (Å²) < 4.78 is 19.3. The number of carbonyl (C=O) groups excluding carboxylic acids is 2. The first-order valence-electron chi connectivity index (χ1n) is 15.2. The highest BCUT2D eigenvalue weighted by Gasteiger charge is 2.46. The number of hydrogen-bond donors (Lipinski definition) is 0. The molecule has 0 unspecified atom stereocenters. The molecule has 0 aromatic carbocycles. The first-order chi connectivity index (χ1) is 20.2. The Morgan fingerprint density at radius 2 is 1.53 bits per heavy atom. The zero-order chi connectivity index (χ0) is 31.7. The standard InChI is InChI=1S/C32H47N5O5Si/c1-21(2)43(22(3)4,23(5)6)37-12-11-24-17-26(20-34-29(24)37)41-27-18-25(19-33-28(27)30(38)40-10)35-13-15-36(16-14-35)31(39)42-32(7,8)9/h11-12,17-23H,13-16H2,1-10H3. The predicted molar refractivity (Wildman–Crippen MR) is 172 cm³/mol. The van der Waals surface area contributed by atoms with Gasteiger partial charge in [-0.15, -0.1) is 0 Å². The number of amides is 1. The number of methoxy groups -OCH3 is 1. The SMILES string of the molecule is COC(=O)c1ncc(N2CCN(C(=O)OC(C)(C)C)CC2)cc1Oc1cnc2c(ccn2[Si](C(C)C)(C(C)C)C(C)C)c1. The Morgan fingerprint density at radius 1 is 0.907 bits per heavy atom. The zero-order valence-electron chi connectivity index (χ0n) is 27.3. The maximum atomic E-state index is 12.6. The van der Waals surface area contributed by atoms with Crippen molar-refractivity contribution in [2.75, 3.05) is 38.2 Å². The molecule has 1 amide bonds. The van der Waals surface area contributed by atoms with Crippen molar-refractivity contribution in [2.24, 2.45) is 0 Å². The molecule has 11 heteroatoms. The number of hydrogen-bond acceptors (Lipinski definition) is 8. The maximum Gasteiger partial charge on any atom is 0.410 e. The Bertz CT molecular complexity index is 1430. The number of pyridine rings is 2. The van der Waals surface area contributed by atoms with Gasteiger partial charge in [-0.05, 0) is 55.7 Å². The molecule has 4 heterocycles. The minimum Gasteiger partial charge on any atom is -0.464 e. The van der Waals surface area contributed by atoms with Crippen LogP contribution in [0, 0.1) is 0 Å². The van der Waals surface area contributed by atoms with Gasteiger partial charge in [-0.25, -0.2) is 19.6 Å². The second-order valence-corrected chi connectivity index (χ2v) is 18.9. The van der Waals surface area contributed by atoms with Gasteiger partial charge in [0, 0.05) is 37.6 Å². The van der Waals surface area contributed by atoms with Gasteiger partial charge < -0.3 is 28.2 Å². The zero-order valence-corrected chi connectivity index (χ0v) is 28.3. The molecule has 3 aromatic heterocycles. The molecule has 1 saturated heterocycles. The van der Waals surface area contributed by atoms with Gasteiger partial charge in [0.15, 0.2) is 19.7 Å². The average Bonchev–Trinajstić information content (AvgIpc) is 3.34. The van der Waals surface area contributed by atoms with E-state index in [1.54, 1.807) is 23.4 Å². The van der Waals surface area contributed by atoms with Crippen LogP contribution in [0.3, 0.4) is 0 Å². The van der Waals surface area contributed by atoms with Crippen molar-refractivity contribution in [3.8, 4) is 11.5 Å². The van der Waals surface area contributed by atoms with Gasteiger partial charge in [0.1, 0.15) is 17.0 Å². The number of esters is 1. The lowest BCUT2D eigenvalue weighted by Gasteiger charge is -2.44. The Balaban J connectivity index is 1.61. The summed E-state index contributed by atoms with van der Waals surface area (Å²) in [4.78, 5) is 38.2. The molecule has 0 aliphatic carbocycles. The fraction of sp³-hybridized carbons (Fsp3) is 0.562. The molecule has 4 rings (SSSR count). The van der Waals surface area contributed by atoms with E-state index in [0.717, 1.165) is 16.7 Å². The molecule has 1 aliphatic heterocycles. The Labute approximate surface area is 256 Å². The van der Waals surface area contributed by atoms with E-state index >= 15 is 0 Å². The second kappa shape index (κ2) is 12.6. The fourth-order valence-corrected chi connectivity index (χ4v) is 13.3. The van der Waals surface area contributed by atoms with E-state index in [9.17, 15) is 9.59 Å². The molecular weight excluding hydrogens is 562 g/mol. The molecule has 43 heavy (non-hydrogen) atoms. The third-order valence-electron chi connectivity index (χ3n) is 8.43. The van der Waals surface area contributed by atoms with Crippen molar-refractivity contribution >= 4 is 37.0 Å². The molecule has 0 radical (unpaired) electrons. The van der Waals surface area contributed by atoms with E-state index in [4.69, 9.17) is 19.2 Å². The number of nitrogens with zero attached hydrogens (tertiary/aromatic N) is 5. The van der Waals surface area contributed by atoms with Crippen molar-refractivity contribution in [3.63, 3.8) is 0 Å². The number of fused-ring (bicyclic) bond motifs is 1. The predicted octanol–water partition coefficient (Wildman–Crippen LogP) is 7.09. The monoisotopic (exact) mass is 609 g/mol. The van der Waals surface area contributed by atoms with Crippen LogP contribution in [-0.2, 0) is 9.47 Å². The van der Waals surface area contributed by atoms with Crippen molar-refractivity contribution < 1.29 is 23.8 Å². The third kappa shape index (κ3) is 6.51. The lowest BCUT2D eigenvalue weighted by atomic mass is 10.2. The fourth-order valence-electron chi connectivity index (χ4n) is 6.74. The van der Waals surface area contributed by atoms with E-state index < -0.39 is 19.8 Å². The summed E-state index contributed by atoms with van der Waals surface area (Å²) in [5.41, 5.74) is 2.87. The van der Waals surface area contributed by atoms with Gasteiger partial charge in [0.2, 0.25) is 0 Å². The van der Waals surface area contributed by atoms with Crippen molar-refractivity contribution in [3.05, 3.63) is 42.5 Å². The van der Waals surface area contributed by atoms with Crippen LogP contribution in [-0.4, -0.2) is 78.3 Å². The molecular formula is C32H47N5O5Si.